The number of nitrogens with zero attached hydrogens (tertiary/aromatic N) is 4. The van der Waals surface area contributed by atoms with Gasteiger partial charge in [0.1, 0.15) is 10.6 Å². The summed E-state index contributed by atoms with van der Waals surface area (Å²) in [5.41, 5.74) is 0.408. The van der Waals surface area contributed by atoms with E-state index in [1.165, 1.54) is 4.31 Å². The van der Waals surface area contributed by atoms with Crippen LogP contribution in [0.15, 0.2) is 13.9 Å². The Morgan fingerprint density at radius 1 is 1.16 bits per heavy atom. The van der Waals surface area contributed by atoms with Crippen molar-refractivity contribution in [1.82, 2.24) is 19.6 Å². The van der Waals surface area contributed by atoms with Gasteiger partial charge >= 0.3 is 0 Å². The molecule has 8 nitrogen and oxygen atoms in total. The summed E-state index contributed by atoms with van der Waals surface area (Å²) in [6.07, 6.45) is 4.65. The van der Waals surface area contributed by atoms with E-state index in [4.69, 9.17) is 9.05 Å². The first-order valence-electron chi connectivity index (χ1n) is 8.70. The lowest BCUT2D eigenvalue weighted by Crippen LogP contribution is -2.40. The highest BCUT2D eigenvalue weighted by Crippen LogP contribution is 2.38. The molecule has 0 amide bonds. The predicted octanol–water partition coefficient (Wildman–Crippen LogP) is 2.20. The van der Waals surface area contributed by atoms with Crippen LogP contribution >= 0.6 is 0 Å². The Kier molecular flexibility index (Phi) is 4.15. The molecule has 3 heterocycles. The van der Waals surface area contributed by atoms with Gasteiger partial charge in [0.25, 0.3) is 0 Å². The first-order valence-corrected chi connectivity index (χ1v) is 10.1. The molecule has 0 spiro atoms. The molecule has 1 saturated carbocycles. The van der Waals surface area contributed by atoms with E-state index in [9.17, 15) is 8.42 Å². The van der Waals surface area contributed by atoms with E-state index in [0.717, 1.165) is 31.5 Å². The van der Waals surface area contributed by atoms with E-state index in [2.05, 4.69) is 15.3 Å². The Morgan fingerprint density at radius 3 is 2.64 bits per heavy atom. The van der Waals surface area contributed by atoms with Gasteiger partial charge in [0.2, 0.25) is 15.9 Å². The zero-order valence-corrected chi connectivity index (χ0v) is 15.3. The normalized spacial score (nSPS) is 22.4. The molecule has 2 aliphatic rings. The van der Waals surface area contributed by atoms with Crippen molar-refractivity contribution < 1.29 is 17.5 Å². The van der Waals surface area contributed by atoms with Crippen LogP contribution < -0.4 is 0 Å². The quantitative estimate of drug-likeness (QED) is 0.799. The lowest BCUT2D eigenvalue weighted by Gasteiger charge is -2.31. The number of aryl methyl sites for hydroxylation is 2. The van der Waals surface area contributed by atoms with Crippen LogP contribution in [0.3, 0.4) is 0 Å². The smallest absolute Gasteiger partial charge is 0.248 e. The van der Waals surface area contributed by atoms with Crippen LogP contribution in [0.25, 0.3) is 0 Å². The van der Waals surface area contributed by atoms with Gasteiger partial charge < -0.3 is 9.05 Å². The number of hydrogen-bond donors (Lipinski definition) is 0. The number of aromatic nitrogens is 3. The molecule has 0 N–H and O–H groups in total. The SMILES string of the molecule is Cc1noc(C)c1S(=O)(=O)N1CCC[C@@H](Cc2nc(C3CC3)no2)C1. The molecule has 2 fully saturated rings. The third kappa shape index (κ3) is 3.22. The second-order valence-corrected chi connectivity index (χ2v) is 8.92. The first kappa shape index (κ1) is 16.7. The van der Waals surface area contributed by atoms with E-state index in [0.29, 0.717) is 42.8 Å². The van der Waals surface area contributed by atoms with Gasteiger partial charge in [-0.05, 0) is 45.4 Å². The summed E-state index contributed by atoms with van der Waals surface area (Å²) >= 11 is 0. The minimum absolute atomic E-state index is 0.177. The predicted molar refractivity (Wildman–Crippen MR) is 87.4 cm³/mol. The Morgan fingerprint density at radius 2 is 1.96 bits per heavy atom. The summed E-state index contributed by atoms with van der Waals surface area (Å²) in [7, 11) is -3.59. The zero-order valence-electron chi connectivity index (χ0n) is 14.4. The van der Waals surface area contributed by atoms with Gasteiger partial charge in [-0.2, -0.15) is 9.29 Å². The molecule has 0 bridgehead atoms. The fourth-order valence-corrected chi connectivity index (χ4v) is 5.33. The van der Waals surface area contributed by atoms with Crippen molar-refractivity contribution in [2.75, 3.05) is 13.1 Å². The maximum atomic E-state index is 13.0. The average Bonchev–Trinajstić information content (AvgIpc) is 3.23. The number of rotatable bonds is 5. The molecule has 4 rings (SSSR count). The summed E-state index contributed by atoms with van der Waals surface area (Å²) in [5, 5.41) is 7.81. The highest BCUT2D eigenvalue weighted by atomic mass is 32.2. The maximum Gasteiger partial charge on any atom is 0.248 e. The summed E-state index contributed by atoms with van der Waals surface area (Å²) in [4.78, 5) is 4.66. The highest BCUT2D eigenvalue weighted by Gasteiger charge is 2.35. The highest BCUT2D eigenvalue weighted by molar-refractivity contribution is 7.89. The average molecular weight is 366 g/mol. The van der Waals surface area contributed by atoms with Crippen LogP contribution in [-0.2, 0) is 16.4 Å². The Hall–Kier alpha value is -1.74. The van der Waals surface area contributed by atoms with Gasteiger partial charge in [0, 0.05) is 25.4 Å². The van der Waals surface area contributed by atoms with Crippen LogP contribution in [0.5, 0.6) is 0 Å². The monoisotopic (exact) mass is 366 g/mol. The van der Waals surface area contributed by atoms with E-state index in [1.807, 2.05) is 0 Å². The second-order valence-electron chi connectivity index (χ2n) is 7.05. The van der Waals surface area contributed by atoms with E-state index in [1.54, 1.807) is 13.8 Å². The second kappa shape index (κ2) is 6.21. The summed E-state index contributed by atoms with van der Waals surface area (Å²) in [5.74, 6) is 2.39. The number of piperidine rings is 1. The molecule has 136 valence electrons. The first-order chi connectivity index (χ1) is 11.9. The Bertz CT molecular complexity index is 849. The molecular formula is C16H22N4O4S. The molecule has 1 aliphatic heterocycles. The van der Waals surface area contributed by atoms with Crippen LogP contribution in [0.4, 0.5) is 0 Å². The van der Waals surface area contributed by atoms with Gasteiger partial charge in [-0.25, -0.2) is 8.42 Å². The molecule has 1 atom stereocenters. The van der Waals surface area contributed by atoms with Crippen molar-refractivity contribution >= 4 is 10.0 Å². The summed E-state index contributed by atoms with van der Waals surface area (Å²) < 4.78 is 37.8. The minimum atomic E-state index is -3.59. The van der Waals surface area contributed by atoms with Crippen LogP contribution in [0, 0.1) is 19.8 Å². The molecule has 0 aromatic carbocycles. The largest absolute Gasteiger partial charge is 0.360 e. The van der Waals surface area contributed by atoms with Gasteiger partial charge in [0.15, 0.2) is 11.6 Å². The fourth-order valence-electron chi connectivity index (χ4n) is 3.49. The lowest BCUT2D eigenvalue weighted by molar-refractivity contribution is 0.246. The van der Waals surface area contributed by atoms with Crippen molar-refractivity contribution in [2.24, 2.45) is 5.92 Å². The molecule has 2 aromatic rings. The number of sulfonamides is 1. The van der Waals surface area contributed by atoms with Crippen LogP contribution in [0.2, 0.25) is 0 Å². The van der Waals surface area contributed by atoms with Crippen molar-refractivity contribution in [1.29, 1.82) is 0 Å². The molecule has 0 unspecified atom stereocenters. The maximum absolute atomic E-state index is 13.0. The van der Waals surface area contributed by atoms with Gasteiger partial charge in [-0.15, -0.1) is 0 Å². The third-order valence-electron chi connectivity index (χ3n) is 4.94. The van der Waals surface area contributed by atoms with Crippen molar-refractivity contribution in [3.05, 3.63) is 23.2 Å². The van der Waals surface area contributed by atoms with Gasteiger partial charge in [0.05, 0.1) is 0 Å². The molecular weight excluding hydrogens is 344 g/mol. The standard InChI is InChI=1S/C16H22N4O4S/c1-10-15(11(2)23-18-10)25(21,22)20-7-3-4-12(9-20)8-14-17-16(19-24-14)13-5-6-13/h12-13H,3-9H2,1-2H3/t12-/m0/s1. The molecule has 2 aromatic heterocycles. The Labute approximate surface area is 146 Å². The van der Waals surface area contributed by atoms with Crippen molar-refractivity contribution in [2.45, 2.75) is 56.8 Å². The van der Waals surface area contributed by atoms with Crippen molar-refractivity contribution in [3.8, 4) is 0 Å². The topological polar surface area (TPSA) is 102 Å². The van der Waals surface area contributed by atoms with Crippen LogP contribution in [0.1, 0.15) is 54.8 Å². The lowest BCUT2D eigenvalue weighted by atomic mass is 9.96. The summed E-state index contributed by atoms with van der Waals surface area (Å²) in [6, 6.07) is 0. The molecule has 0 radical (unpaired) electrons. The Balaban J connectivity index is 1.48. The van der Waals surface area contributed by atoms with E-state index >= 15 is 0 Å². The van der Waals surface area contributed by atoms with E-state index < -0.39 is 10.0 Å². The van der Waals surface area contributed by atoms with Crippen molar-refractivity contribution in [3.63, 3.8) is 0 Å². The zero-order chi connectivity index (χ0) is 17.6. The molecule has 1 aliphatic carbocycles. The number of hydrogen-bond acceptors (Lipinski definition) is 7. The minimum Gasteiger partial charge on any atom is -0.360 e. The fraction of sp³-hybridized carbons (Fsp3) is 0.688. The van der Waals surface area contributed by atoms with E-state index in [-0.39, 0.29) is 10.8 Å². The van der Waals surface area contributed by atoms with Crippen LogP contribution in [-0.4, -0.2) is 41.1 Å². The molecule has 9 heteroatoms. The van der Waals surface area contributed by atoms with Gasteiger partial charge in [-0.3, -0.25) is 0 Å². The molecule has 1 saturated heterocycles. The summed E-state index contributed by atoms with van der Waals surface area (Å²) in [6.45, 7) is 4.25. The van der Waals surface area contributed by atoms with Gasteiger partial charge in [-0.1, -0.05) is 10.3 Å². The molecule has 25 heavy (non-hydrogen) atoms. The third-order valence-corrected chi connectivity index (χ3v) is 7.05.